The number of hydrogen-bond acceptors (Lipinski definition) is 3. The molecule has 38 heavy (non-hydrogen) atoms. The Hall–Kier alpha value is -4.32. The maximum Gasteiger partial charge on any atom is 0.281 e. The predicted molar refractivity (Wildman–Crippen MR) is 145 cm³/mol. The van der Waals surface area contributed by atoms with Crippen molar-refractivity contribution >= 4 is 28.5 Å². The first kappa shape index (κ1) is 24.0. The quantitative estimate of drug-likeness (QED) is 0.283. The number of rotatable bonds is 5. The lowest BCUT2D eigenvalue weighted by Gasteiger charge is -2.29. The Morgan fingerprint density at radius 3 is 2.39 bits per heavy atom. The normalized spacial score (nSPS) is 19.9. The van der Waals surface area contributed by atoms with Gasteiger partial charge < -0.3 is 4.74 Å². The number of benzene rings is 4. The lowest BCUT2D eigenvalue weighted by Crippen LogP contribution is -2.34. The second-order valence-corrected chi connectivity index (χ2v) is 9.74. The highest BCUT2D eigenvalue weighted by molar-refractivity contribution is 6.08. The zero-order chi connectivity index (χ0) is 26.1. The second-order valence-electron chi connectivity index (χ2n) is 9.74. The minimum Gasteiger partial charge on any atom is -0.484 e. The van der Waals surface area contributed by atoms with Crippen LogP contribution in [0.2, 0.25) is 0 Å². The minimum atomic E-state index is -0.352. The summed E-state index contributed by atoms with van der Waals surface area (Å²) < 4.78 is 33.1. The van der Waals surface area contributed by atoms with Crippen LogP contribution in [0.15, 0.2) is 102 Å². The van der Waals surface area contributed by atoms with Crippen LogP contribution in [-0.4, -0.2) is 23.2 Å². The van der Waals surface area contributed by atoms with Crippen LogP contribution in [0.25, 0.3) is 16.8 Å². The van der Waals surface area contributed by atoms with E-state index in [9.17, 15) is 13.6 Å². The average molecular weight is 509 g/mol. The molecule has 4 aromatic carbocycles. The van der Waals surface area contributed by atoms with Crippen LogP contribution in [0.3, 0.4) is 0 Å². The van der Waals surface area contributed by atoms with Gasteiger partial charge in [0.15, 0.2) is 6.61 Å². The molecular weight excluding hydrogens is 482 g/mol. The molecule has 1 aliphatic heterocycles. The molecule has 0 saturated heterocycles. The van der Waals surface area contributed by atoms with Crippen molar-refractivity contribution in [1.82, 2.24) is 5.01 Å². The molecule has 0 spiro atoms. The van der Waals surface area contributed by atoms with Crippen molar-refractivity contribution in [2.45, 2.75) is 25.3 Å². The van der Waals surface area contributed by atoms with E-state index in [0.717, 1.165) is 52.4 Å². The van der Waals surface area contributed by atoms with Crippen LogP contribution in [-0.2, 0) is 4.79 Å². The molecule has 1 saturated carbocycles. The molecule has 1 fully saturated rings. The Kier molecular flexibility index (Phi) is 6.46. The maximum atomic E-state index is 13.7. The van der Waals surface area contributed by atoms with Crippen LogP contribution in [0.5, 0.6) is 5.75 Å². The highest BCUT2D eigenvalue weighted by atomic mass is 19.1. The fourth-order valence-corrected chi connectivity index (χ4v) is 5.43. The number of amides is 1. The Bertz CT molecular complexity index is 1540. The van der Waals surface area contributed by atoms with E-state index in [1.807, 2.05) is 48.5 Å². The summed E-state index contributed by atoms with van der Waals surface area (Å²) in [5, 5.41) is 8.47. The molecule has 0 bridgehead atoms. The molecule has 6 heteroatoms. The van der Waals surface area contributed by atoms with E-state index in [-0.39, 0.29) is 36.1 Å². The van der Waals surface area contributed by atoms with E-state index in [4.69, 9.17) is 9.84 Å². The molecule has 6 rings (SSSR count). The van der Waals surface area contributed by atoms with E-state index >= 15 is 0 Å². The number of nitrogens with zero attached hydrogens (tertiary/aromatic N) is 2. The Labute approximate surface area is 219 Å². The monoisotopic (exact) mass is 508 g/mol. The fourth-order valence-electron chi connectivity index (χ4n) is 5.43. The standard InChI is InChI=1S/C32H26F2N2O2/c33-26-13-8-21(9-14-26)18-25-6-3-7-29-31(25)35-36(32(29)23-10-15-27(34)16-11-23)30(37)20-38-28-17-12-22-4-1-2-5-24(22)19-28/h1-2,4-5,8-19,29,32H,3,6-7,20H2/b25-18+/t29-,32-/m1/s1. The van der Waals surface area contributed by atoms with Crippen LogP contribution in [0.1, 0.15) is 36.4 Å². The van der Waals surface area contributed by atoms with Gasteiger partial charge in [0, 0.05) is 5.92 Å². The zero-order valence-electron chi connectivity index (χ0n) is 20.7. The molecule has 2 aliphatic rings. The summed E-state index contributed by atoms with van der Waals surface area (Å²) in [7, 11) is 0. The molecule has 0 aromatic heterocycles. The SMILES string of the molecule is O=C(COc1ccc2ccccc2c1)N1N=C2/C(=C/c3ccc(F)cc3)CCC[C@H]2[C@H]1c1ccc(F)cc1. The van der Waals surface area contributed by atoms with Gasteiger partial charge in [-0.15, -0.1) is 0 Å². The number of carbonyl (C=O) groups is 1. The molecule has 1 heterocycles. The van der Waals surface area contributed by atoms with Gasteiger partial charge in [0.2, 0.25) is 0 Å². The lowest BCUT2D eigenvalue weighted by atomic mass is 9.77. The number of halogens is 2. The lowest BCUT2D eigenvalue weighted by molar-refractivity contribution is -0.135. The first-order valence-electron chi connectivity index (χ1n) is 12.8. The van der Waals surface area contributed by atoms with E-state index in [0.29, 0.717) is 5.75 Å². The van der Waals surface area contributed by atoms with Gasteiger partial charge in [0.25, 0.3) is 5.91 Å². The van der Waals surface area contributed by atoms with Crippen LogP contribution in [0.4, 0.5) is 8.78 Å². The topological polar surface area (TPSA) is 41.9 Å². The number of hydrogen-bond donors (Lipinski definition) is 0. The second kappa shape index (κ2) is 10.2. The first-order chi connectivity index (χ1) is 18.5. The summed E-state index contributed by atoms with van der Waals surface area (Å²) in [6.07, 6.45) is 4.63. The number of ether oxygens (including phenoxy) is 1. The van der Waals surface area contributed by atoms with E-state index in [2.05, 4.69) is 0 Å². The van der Waals surface area contributed by atoms with Crippen molar-refractivity contribution in [2.24, 2.45) is 11.0 Å². The van der Waals surface area contributed by atoms with Gasteiger partial charge in [-0.2, -0.15) is 5.10 Å². The average Bonchev–Trinajstić information content (AvgIpc) is 3.34. The van der Waals surface area contributed by atoms with Crippen molar-refractivity contribution in [3.05, 3.63) is 119 Å². The van der Waals surface area contributed by atoms with E-state index < -0.39 is 0 Å². The van der Waals surface area contributed by atoms with Crippen molar-refractivity contribution in [3.8, 4) is 5.75 Å². The third-order valence-electron chi connectivity index (χ3n) is 7.26. The van der Waals surface area contributed by atoms with Gasteiger partial charge in [0.1, 0.15) is 17.4 Å². The highest BCUT2D eigenvalue weighted by Gasteiger charge is 2.43. The zero-order valence-corrected chi connectivity index (χ0v) is 20.7. The molecule has 0 unspecified atom stereocenters. The Morgan fingerprint density at radius 1 is 0.921 bits per heavy atom. The van der Waals surface area contributed by atoms with Crippen molar-refractivity contribution in [2.75, 3.05) is 6.61 Å². The van der Waals surface area contributed by atoms with Gasteiger partial charge in [-0.3, -0.25) is 4.79 Å². The third kappa shape index (κ3) is 4.82. The summed E-state index contributed by atoms with van der Waals surface area (Å²) in [4.78, 5) is 13.5. The molecule has 4 aromatic rings. The highest BCUT2D eigenvalue weighted by Crippen LogP contribution is 2.44. The summed E-state index contributed by atoms with van der Waals surface area (Å²) >= 11 is 0. The summed E-state index contributed by atoms with van der Waals surface area (Å²) in [5.74, 6) is -0.296. The largest absolute Gasteiger partial charge is 0.484 e. The van der Waals surface area contributed by atoms with E-state index in [1.165, 1.54) is 29.3 Å². The number of allylic oxidation sites excluding steroid dienone is 1. The molecule has 0 N–H and O–H groups in total. The number of fused-ring (bicyclic) bond motifs is 2. The van der Waals surface area contributed by atoms with Gasteiger partial charge in [-0.1, -0.05) is 54.6 Å². The van der Waals surface area contributed by atoms with Gasteiger partial charge in [-0.05, 0) is 89.2 Å². The minimum absolute atomic E-state index is 0.0227. The molecule has 190 valence electrons. The smallest absolute Gasteiger partial charge is 0.281 e. The fraction of sp³-hybridized carbons (Fsp3) is 0.188. The molecule has 1 aliphatic carbocycles. The van der Waals surface area contributed by atoms with Crippen LogP contribution in [0, 0.1) is 17.6 Å². The first-order valence-corrected chi connectivity index (χ1v) is 12.8. The Balaban J connectivity index is 1.30. The molecule has 1 amide bonds. The van der Waals surface area contributed by atoms with Gasteiger partial charge in [-0.25, -0.2) is 13.8 Å². The maximum absolute atomic E-state index is 13.7. The number of carbonyl (C=O) groups excluding carboxylic acids is 1. The molecule has 0 radical (unpaired) electrons. The van der Waals surface area contributed by atoms with Crippen molar-refractivity contribution in [1.29, 1.82) is 0 Å². The summed E-state index contributed by atoms with van der Waals surface area (Å²) in [6, 6.07) is 26.0. The van der Waals surface area contributed by atoms with Gasteiger partial charge in [0.05, 0.1) is 11.8 Å². The third-order valence-corrected chi connectivity index (χ3v) is 7.26. The van der Waals surface area contributed by atoms with Crippen LogP contribution < -0.4 is 4.74 Å². The van der Waals surface area contributed by atoms with Crippen molar-refractivity contribution in [3.63, 3.8) is 0 Å². The van der Waals surface area contributed by atoms with Crippen LogP contribution >= 0.6 is 0 Å². The molecule has 4 nitrogen and oxygen atoms in total. The summed E-state index contributed by atoms with van der Waals surface area (Å²) in [6.45, 7) is -0.170. The van der Waals surface area contributed by atoms with Crippen molar-refractivity contribution < 1.29 is 18.3 Å². The Morgan fingerprint density at radius 2 is 1.63 bits per heavy atom. The van der Waals surface area contributed by atoms with E-state index in [1.54, 1.807) is 24.3 Å². The number of hydrazone groups is 1. The summed E-state index contributed by atoms with van der Waals surface area (Å²) in [5.41, 5.74) is 3.60. The molecule has 2 atom stereocenters. The molecular formula is C32H26F2N2O2. The van der Waals surface area contributed by atoms with Gasteiger partial charge >= 0.3 is 0 Å². The predicted octanol–water partition coefficient (Wildman–Crippen LogP) is 7.32.